The third kappa shape index (κ3) is 10.5. The number of aromatic nitrogens is 1. The molecule has 1 saturated carbocycles. The minimum atomic E-state index is -1.44. The number of carbonyl (C=O) groups is 2. The van der Waals surface area contributed by atoms with Crippen molar-refractivity contribution in [2.75, 3.05) is 26.2 Å². The van der Waals surface area contributed by atoms with E-state index in [9.17, 15) is 19.8 Å². The van der Waals surface area contributed by atoms with Gasteiger partial charge in [-0.3, -0.25) is 14.7 Å². The number of esters is 1. The number of rotatable bonds is 6. The lowest BCUT2D eigenvalue weighted by Gasteiger charge is -2.40. The number of nitrogens with zero attached hydrogens (tertiary/aromatic N) is 3. The minimum absolute atomic E-state index is 0.106. The second kappa shape index (κ2) is 17.2. The van der Waals surface area contributed by atoms with Gasteiger partial charge in [-0.25, -0.2) is 4.79 Å². The Morgan fingerprint density at radius 1 is 1.11 bits per heavy atom. The van der Waals surface area contributed by atoms with Crippen LogP contribution in [0.15, 0.2) is 60.3 Å². The Hall–Kier alpha value is -3.01. The molecule has 2 aliphatic heterocycles. The lowest BCUT2D eigenvalue weighted by atomic mass is 9.88. The predicted molar refractivity (Wildman–Crippen MR) is 179 cm³/mol. The second-order valence-corrected chi connectivity index (χ2v) is 13.7. The Kier molecular flexibility index (Phi) is 13.4. The summed E-state index contributed by atoms with van der Waals surface area (Å²) in [7, 11) is 0. The van der Waals surface area contributed by atoms with Crippen molar-refractivity contribution in [1.29, 1.82) is 0 Å². The Morgan fingerprint density at radius 2 is 1.83 bits per heavy atom. The first-order valence-corrected chi connectivity index (χ1v) is 17.3. The maximum absolute atomic E-state index is 13.4. The lowest BCUT2D eigenvalue weighted by molar-refractivity contribution is -0.151. The summed E-state index contributed by atoms with van der Waals surface area (Å²) in [6.07, 6.45) is 16.0. The number of cyclic esters (lactones) is 1. The standard InChI is InChI=1S/C37H55N3O6/c1-27(32-16-9-10-21-38-32)12-11-13-28(2)35-29(3)17-18-33(37(4,44)20-19-31(41)26-34(42)46-35)45-36(43)40-24-22-39(23-25-40)30-14-7-5-6-8-15-30/h9-13,16-18,21,27,29-31,33,35,41,44H,5-8,14-15,19-20,22-26H2,1-4H3/b12-11+,18-17+,28-13+/t27-,29-,31-,33-,35+,37-/m0/s1. The van der Waals surface area contributed by atoms with Crippen molar-refractivity contribution in [1.82, 2.24) is 14.8 Å². The smallest absolute Gasteiger partial charge is 0.410 e. The van der Waals surface area contributed by atoms with E-state index < -0.39 is 36.0 Å². The Labute approximate surface area is 275 Å². The van der Waals surface area contributed by atoms with Gasteiger partial charge in [-0.05, 0) is 63.3 Å². The molecule has 0 bridgehead atoms. The number of pyridine rings is 1. The van der Waals surface area contributed by atoms with E-state index in [1.807, 2.05) is 56.4 Å². The third-order valence-electron chi connectivity index (χ3n) is 9.83. The molecule has 2 fully saturated rings. The van der Waals surface area contributed by atoms with Gasteiger partial charge in [0.2, 0.25) is 0 Å². The predicted octanol–water partition coefficient (Wildman–Crippen LogP) is 5.93. The Morgan fingerprint density at radius 3 is 2.50 bits per heavy atom. The van der Waals surface area contributed by atoms with Gasteiger partial charge in [0.05, 0.1) is 12.5 Å². The molecule has 3 aliphatic rings. The molecule has 9 heteroatoms. The van der Waals surface area contributed by atoms with Gasteiger partial charge in [0.15, 0.2) is 6.10 Å². The molecule has 6 atom stereocenters. The second-order valence-electron chi connectivity index (χ2n) is 13.7. The number of hydrogen-bond donors (Lipinski definition) is 2. The van der Waals surface area contributed by atoms with E-state index in [4.69, 9.17) is 9.47 Å². The monoisotopic (exact) mass is 637 g/mol. The SMILES string of the molecule is C/C(=C\C=C\[C@H](C)c1ccccn1)[C@H]1OC(=O)C[C@@H](O)CC[C@](C)(O)[C@@H](OC(=O)N2CCN(C3CCCCCC3)CC2)/C=C/[C@@H]1C. The lowest BCUT2D eigenvalue weighted by Crippen LogP contribution is -2.53. The van der Waals surface area contributed by atoms with Crippen LogP contribution in [0.25, 0.3) is 0 Å². The van der Waals surface area contributed by atoms with Crippen LogP contribution in [0, 0.1) is 5.92 Å². The molecule has 0 aromatic carbocycles. The van der Waals surface area contributed by atoms with Crippen LogP contribution in [0.4, 0.5) is 4.79 Å². The van der Waals surface area contributed by atoms with Crippen LogP contribution < -0.4 is 0 Å². The molecule has 1 amide bonds. The van der Waals surface area contributed by atoms with Gasteiger partial charge in [0.25, 0.3) is 0 Å². The summed E-state index contributed by atoms with van der Waals surface area (Å²) in [6.45, 7) is 10.4. The van der Waals surface area contributed by atoms with Gasteiger partial charge in [0.1, 0.15) is 11.7 Å². The van der Waals surface area contributed by atoms with Gasteiger partial charge in [-0.15, -0.1) is 0 Å². The fourth-order valence-corrected chi connectivity index (χ4v) is 6.74. The maximum Gasteiger partial charge on any atom is 0.410 e. The van der Waals surface area contributed by atoms with E-state index in [0.29, 0.717) is 19.1 Å². The van der Waals surface area contributed by atoms with Gasteiger partial charge >= 0.3 is 12.1 Å². The van der Waals surface area contributed by atoms with Gasteiger partial charge in [-0.1, -0.05) is 69.9 Å². The highest BCUT2D eigenvalue weighted by Gasteiger charge is 2.37. The summed E-state index contributed by atoms with van der Waals surface area (Å²) in [5.74, 6) is -0.685. The minimum Gasteiger partial charge on any atom is -0.457 e. The zero-order valence-electron chi connectivity index (χ0n) is 28.2. The Balaban J connectivity index is 1.45. The van der Waals surface area contributed by atoms with E-state index in [-0.39, 0.29) is 31.1 Å². The van der Waals surface area contributed by atoms with Crippen LogP contribution in [-0.4, -0.2) is 93.2 Å². The first kappa shape index (κ1) is 35.8. The van der Waals surface area contributed by atoms with Crippen molar-refractivity contribution in [3.63, 3.8) is 0 Å². The van der Waals surface area contributed by atoms with E-state index >= 15 is 0 Å². The van der Waals surface area contributed by atoms with E-state index in [1.165, 1.54) is 38.5 Å². The first-order chi connectivity index (χ1) is 22.0. The van der Waals surface area contributed by atoms with Crippen LogP contribution >= 0.6 is 0 Å². The average Bonchev–Trinajstić information content (AvgIpc) is 3.34. The zero-order chi connectivity index (χ0) is 33.1. The molecular formula is C37H55N3O6. The number of allylic oxidation sites excluding steroid dienone is 3. The third-order valence-corrected chi connectivity index (χ3v) is 9.83. The van der Waals surface area contributed by atoms with Crippen molar-refractivity contribution in [3.05, 3.63) is 66.0 Å². The topological polar surface area (TPSA) is 112 Å². The summed E-state index contributed by atoms with van der Waals surface area (Å²) in [5.41, 5.74) is 0.345. The molecule has 2 N–H and O–H groups in total. The van der Waals surface area contributed by atoms with E-state index in [0.717, 1.165) is 24.4 Å². The van der Waals surface area contributed by atoms with Crippen LogP contribution in [0.3, 0.4) is 0 Å². The highest BCUT2D eigenvalue weighted by Crippen LogP contribution is 2.28. The fraction of sp³-hybridized carbons (Fsp3) is 0.649. The molecule has 9 nitrogen and oxygen atoms in total. The van der Waals surface area contributed by atoms with Crippen LogP contribution in [0.2, 0.25) is 0 Å². The molecule has 1 aromatic rings. The highest BCUT2D eigenvalue weighted by atomic mass is 16.6. The van der Waals surface area contributed by atoms with Gasteiger partial charge < -0.3 is 24.6 Å². The van der Waals surface area contributed by atoms with Crippen molar-refractivity contribution < 1.29 is 29.3 Å². The van der Waals surface area contributed by atoms with E-state index in [2.05, 4.69) is 16.8 Å². The highest BCUT2D eigenvalue weighted by molar-refractivity contribution is 5.70. The van der Waals surface area contributed by atoms with Crippen LogP contribution in [0.5, 0.6) is 0 Å². The van der Waals surface area contributed by atoms with Crippen molar-refractivity contribution >= 4 is 12.1 Å². The van der Waals surface area contributed by atoms with Crippen molar-refractivity contribution in [3.8, 4) is 0 Å². The molecular weight excluding hydrogens is 582 g/mol. The summed E-state index contributed by atoms with van der Waals surface area (Å²) < 4.78 is 11.9. The number of amides is 1. The molecule has 254 valence electrons. The molecule has 1 aromatic heterocycles. The first-order valence-electron chi connectivity index (χ1n) is 17.3. The normalized spacial score (nSPS) is 31.3. The molecule has 0 unspecified atom stereocenters. The molecule has 1 aliphatic carbocycles. The molecule has 0 spiro atoms. The van der Waals surface area contributed by atoms with Crippen molar-refractivity contribution in [2.45, 2.75) is 121 Å². The maximum atomic E-state index is 13.4. The van der Waals surface area contributed by atoms with E-state index in [1.54, 1.807) is 24.1 Å². The molecule has 0 radical (unpaired) electrons. The number of aliphatic hydroxyl groups is 2. The van der Waals surface area contributed by atoms with Crippen LogP contribution in [-0.2, 0) is 14.3 Å². The molecule has 46 heavy (non-hydrogen) atoms. The summed E-state index contributed by atoms with van der Waals surface area (Å²) in [5, 5.41) is 22.1. The number of ether oxygens (including phenoxy) is 2. The molecule has 3 heterocycles. The quantitative estimate of drug-likeness (QED) is 0.171. The van der Waals surface area contributed by atoms with Gasteiger partial charge in [0, 0.05) is 55.9 Å². The number of carbonyl (C=O) groups excluding carboxylic acids is 2. The number of piperazine rings is 1. The molecule has 1 saturated heterocycles. The molecule has 4 rings (SSSR count). The Bertz CT molecular complexity index is 1200. The summed E-state index contributed by atoms with van der Waals surface area (Å²) in [4.78, 5) is 34.9. The van der Waals surface area contributed by atoms with Crippen molar-refractivity contribution in [2.24, 2.45) is 5.92 Å². The summed E-state index contributed by atoms with van der Waals surface area (Å²) in [6, 6.07) is 6.43. The number of aliphatic hydroxyl groups excluding tert-OH is 1. The number of hydrogen-bond acceptors (Lipinski definition) is 8. The average molecular weight is 638 g/mol. The van der Waals surface area contributed by atoms with Gasteiger partial charge in [-0.2, -0.15) is 0 Å². The fourth-order valence-electron chi connectivity index (χ4n) is 6.74. The van der Waals surface area contributed by atoms with Crippen LogP contribution in [0.1, 0.15) is 97.1 Å². The largest absolute Gasteiger partial charge is 0.457 e. The summed E-state index contributed by atoms with van der Waals surface area (Å²) >= 11 is 0. The zero-order valence-corrected chi connectivity index (χ0v) is 28.2.